The highest BCUT2D eigenvalue weighted by molar-refractivity contribution is 7.80. The summed E-state index contributed by atoms with van der Waals surface area (Å²) in [5, 5.41) is 3.34. The number of anilines is 2. The van der Waals surface area contributed by atoms with Crippen LogP contribution in [0.3, 0.4) is 0 Å². The summed E-state index contributed by atoms with van der Waals surface area (Å²) in [6.07, 6.45) is 1.67. The van der Waals surface area contributed by atoms with Crippen LogP contribution in [-0.2, 0) is 11.3 Å². The fraction of sp³-hybridized carbons (Fsp3) is 0.0526. The molecule has 0 fully saturated rings. The van der Waals surface area contributed by atoms with E-state index in [0.29, 0.717) is 33.2 Å². The highest BCUT2D eigenvalue weighted by Gasteiger charge is 2.10. The maximum Gasteiger partial charge on any atom is 0.255 e. The van der Waals surface area contributed by atoms with Gasteiger partial charge in [0, 0.05) is 47.0 Å². The molecule has 6 nitrogen and oxygen atoms in total. The zero-order valence-electron chi connectivity index (χ0n) is 14.3. The fourth-order valence-electron chi connectivity index (χ4n) is 2.43. The van der Waals surface area contributed by atoms with Gasteiger partial charge in [0.15, 0.2) is 0 Å². The number of hydrogen-bond donors (Lipinski definition) is 1. The quantitative estimate of drug-likeness (QED) is 0.658. The molecule has 1 aromatic heterocycles. The van der Waals surface area contributed by atoms with E-state index in [0.717, 1.165) is 4.31 Å². The first-order valence-corrected chi connectivity index (χ1v) is 9.32. The van der Waals surface area contributed by atoms with Crippen molar-refractivity contribution in [2.24, 2.45) is 0 Å². The van der Waals surface area contributed by atoms with Crippen molar-refractivity contribution < 1.29 is 13.6 Å². The van der Waals surface area contributed by atoms with Gasteiger partial charge in [-0.15, -0.1) is 0 Å². The van der Waals surface area contributed by atoms with Crippen LogP contribution in [-0.4, -0.2) is 26.7 Å². The minimum Gasteiger partial charge on any atom is -0.755 e. The number of amides is 1. The van der Waals surface area contributed by atoms with Gasteiger partial charge in [0.2, 0.25) is 0 Å². The second kappa shape index (κ2) is 8.30. The van der Waals surface area contributed by atoms with Crippen molar-refractivity contribution in [2.45, 2.75) is 0 Å². The van der Waals surface area contributed by atoms with Crippen molar-refractivity contribution in [2.75, 3.05) is 16.7 Å². The summed E-state index contributed by atoms with van der Waals surface area (Å²) in [5.74, 6) is -0.318. The Hall–Kier alpha value is -2.74. The zero-order valence-corrected chi connectivity index (χ0v) is 15.8. The maximum absolute atomic E-state index is 12.5. The molecule has 0 aliphatic heterocycles. The molecule has 1 unspecified atom stereocenters. The number of carbonyl (C=O) groups excluding carboxylic acids is 1. The van der Waals surface area contributed by atoms with Gasteiger partial charge in [-0.2, -0.15) is 0 Å². The minimum absolute atomic E-state index is 0.318. The Kier molecular flexibility index (Phi) is 5.85. The van der Waals surface area contributed by atoms with Gasteiger partial charge < -0.3 is 14.2 Å². The van der Waals surface area contributed by atoms with Crippen LogP contribution in [0, 0.1) is 0 Å². The predicted molar refractivity (Wildman–Crippen MR) is 106 cm³/mol. The van der Waals surface area contributed by atoms with Crippen molar-refractivity contribution in [3.05, 3.63) is 77.4 Å². The summed E-state index contributed by atoms with van der Waals surface area (Å²) in [7, 11) is 1.42. The number of nitrogens with one attached hydrogen (secondary N) is 1. The molecule has 0 radical (unpaired) electrons. The molecule has 0 aliphatic carbocycles. The van der Waals surface area contributed by atoms with Crippen molar-refractivity contribution in [1.29, 1.82) is 0 Å². The lowest BCUT2D eigenvalue weighted by atomic mass is 10.1. The van der Waals surface area contributed by atoms with E-state index in [1.165, 1.54) is 7.05 Å². The van der Waals surface area contributed by atoms with E-state index < -0.39 is 11.3 Å². The average Bonchev–Trinajstić information content (AvgIpc) is 2.69. The second-order valence-electron chi connectivity index (χ2n) is 5.63. The maximum atomic E-state index is 12.5. The lowest BCUT2D eigenvalue weighted by molar-refractivity contribution is 0.102. The Morgan fingerprint density at radius 3 is 2.52 bits per heavy atom. The number of rotatable bonds is 5. The molecule has 3 rings (SSSR count). The number of carbonyl (C=O) groups is 1. The van der Waals surface area contributed by atoms with Crippen LogP contribution in [0.4, 0.5) is 11.4 Å². The van der Waals surface area contributed by atoms with E-state index in [4.69, 9.17) is 11.6 Å². The van der Waals surface area contributed by atoms with Gasteiger partial charge in [-0.1, -0.05) is 17.7 Å². The SMILES string of the molecule is CN(c1ccc(C(=O)Nc2ccc(Cl)c(-c3ccccn3)c2)cc1)S(=O)[O-]. The molecule has 3 aromatic rings. The van der Waals surface area contributed by atoms with E-state index in [1.807, 2.05) is 18.2 Å². The Morgan fingerprint density at radius 1 is 1.15 bits per heavy atom. The monoisotopic (exact) mass is 400 g/mol. The number of halogens is 1. The van der Waals surface area contributed by atoms with E-state index in [1.54, 1.807) is 48.7 Å². The number of aromatic nitrogens is 1. The number of nitrogens with zero attached hydrogens (tertiary/aromatic N) is 2. The molecule has 1 amide bonds. The van der Waals surface area contributed by atoms with Crippen LogP contribution in [0.25, 0.3) is 11.3 Å². The van der Waals surface area contributed by atoms with Crippen molar-refractivity contribution in [3.63, 3.8) is 0 Å². The smallest absolute Gasteiger partial charge is 0.255 e. The topological polar surface area (TPSA) is 85.4 Å². The average molecular weight is 401 g/mol. The van der Waals surface area contributed by atoms with Crippen LogP contribution in [0.2, 0.25) is 5.02 Å². The van der Waals surface area contributed by atoms with E-state index in [2.05, 4.69) is 10.3 Å². The summed E-state index contributed by atoms with van der Waals surface area (Å²) in [4.78, 5) is 16.7. The first kappa shape index (κ1) is 19.0. The Bertz CT molecular complexity index is 981. The molecular formula is C19H15ClN3O3S-. The highest BCUT2D eigenvalue weighted by Crippen LogP contribution is 2.29. The zero-order chi connectivity index (χ0) is 19.4. The van der Waals surface area contributed by atoms with Crippen molar-refractivity contribution in [1.82, 2.24) is 4.98 Å². The predicted octanol–water partition coefficient (Wildman–Crippen LogP) is 3.88. The third kappa shape index (κ3) is 4.51. The summed E-state index contributed by atoms with van der Waals surface area (Å²) in [5.41, 5.74) is 2.86. The van der Waals surface area contributed by atoms with Crippen LogP contribution in [0.15, 0.2) is 66.9 Å². The Labute approximate surface area is 164 Å². The Morgan fingerprint density at radius 2 is 1.89 bits per heavy atom. The standard InChI is InChI=1S/C19H16ClN3O3S/c1-23(27(25)26)15-8-5-13(6-9-15)19(24)22-14-7-10-17(20)16(12-14)18-4-2-3-11-21-18/h2-12H,1H3,(H,22,24)(H,25,26)/p-1. The van der Waals surface area contributed by atoms with Gasteiger partial charge >= 0.3 is 0 Å². The largest absolute Gasteiger partial charge is 0.755 e. The highest BCUT2D eigenvalue weighted by atomic mass is 35.5. The van der Waals surface area contributed by atoms with Crippen molar-refractivity contribution in [3.8, 4) is 11.3 Å². The van der Waals surface area contributed by atoms with E-state index in [-0.39, 0.29) is 5.91 Å². The lowest BCUT2D eigenvalue weighted by Crippen LogP contribution is -2.19. The molecule has 1 heterocycles. The molecule has 0 saturated heterocycles. The molecular weight excluding hydrogens is 386 g/mol. The third-order valence-electron chi connectivity index (χ3n) is 3.88. The molecule has 0 aliphatic rings. The molecule has 138 valence electrons. The number of pyridine rings is 1. The molecule has 2 aromatic carbocycles. The second-order valence-corrected chi connectivity index (χ2v) is 7.01. The van der Waals surface area contributed by atoms with E-state index in [9.17, 15) is 13.6 Å². The summed E-state index contributed by atoms with van der Waals surface area (Å²) in [6.45, 7) is 0. The lowest BCUT2D eigenvalue weighted by Gasteiger charge is -2.21. The molecule has 27 heavy (non-hydrogen) atoms. The minimum atomic E-state index is -2.37. The molecule has 8 heteroatoms. The van der Waals surface area contributed by atoms with Crippen LogP contribution < -0.4 is 9.62 Å². The first-order valence-electron chi connectivity index (χ1n) is 7.91. The van der Waals surface area contributed by atoms with Gasteiger partial charge in [0.05, 0.1) is 10.7 Å². The molecule has 1 N–H and O–H groups in total. The summed E-state index contributed by atoms with van der Waals surface area (Å²) in [6, 6.07) is 16.9. The van der Waals surface area contributed by atoms with Crippen LogP contribution in [0.5, 0.6) is 0 Å². The fourth-order valence-corrected chi connectivity index (χ4v) is 2.94. The molecule has 0 saturated carbocycles. The van der Waals surface area contributed by atoms with Gasteiger partial charge in [-0.3, -0.25) is 14.0 Å². The molecule has 0 bridgehead atoms. The van der Waals surface area contributed by atoms with Gasteiger partial charge in [0.25, 0.3) is 5.91 Å². The number of benzene rings is 2. The van der Waals surface area contributed by atoms with Crippen LogP contribution >= 0.6 is 11.6 Å². The van der Waals surface area contributed by atoms with E-state index >= 15 is 0 Å². The van der Waals surface area contributed by atoms with Gasteiger partial charge in [0.1, 0.15) is 0 Å². The summed E-state index contributed by atoms with van der Waals surface area (Å²) >= 11 is 3.88. The van der Waals surface area contributed by atoms with Crippen molar-refractivity contribution >= 4 is 40.1 Å². The Balaban J connectivity index is 1.79. The third-order valence-corrected chi connectivity index (χ3v) is 4.87. The first-order chi connectivity index (χ1) is 13.0. The normalized spacial score (nSPS) is 11.7. The van der Waals surface area contributed by atoms with Gasteiger partial charge in [-0.25, -0.2) is 0 Å². The molecule has 1 atom stereocenters. The molecule has 0 spiro atoms. The van der Waals surface area contributed by atoms with Crippen LogP contribution in [0.1, 0.15) is 10.4 Å². The summed E-state index contributed by atoms with van der Waals surface area (Å²) < 4.78 is 23.0. The van der Waals surface area contributed by atoms with Gasteiger partial charge in [-0.05, 0) is 54.6 Å². The number of hydrogen-bond acceptors (Lipinski definition) is 4.